The molecule has 0 bridgehead atoms. The minimum Gasteiger partial charge on any atom is -0.481 e. The number of benzene rings is 1. The first-order valence-corrected chi connectivity index (χ1v) is 9.25. The molecule has 0 unspecified atom stereocenters. The molecule has 28 heavy (non-hydrogen) atoms. The molecule has 0 heterocycles. The zero-order valence-corrected chi connectivity index (χ0v) is 15.6. The van der Waals surface area contributed by atoms with E-state index >= 15 is 0 Å². The molecule has 1 aromatic carbocycles. The van der Waals surface area contributed by atoms with Gasteiger partial charge in [-0.05, 0) is 12.8 Å². The lowest BCUT2D eigenvalue weighted by Crippen LogP contribution is -2.24. The number of carboxylic acids is 1. The molecule has 0 radical (unpaired) electrons. The van der Waals surface area contributed by atoms with Gasteiger partial charge in [-0.2, -0.15) is 0 Å². The lowest BCUT2D eigenvalue weighted by molar-refractivity contribution is -0.394. The van der Waals surface area contributed by atoms with Crippen LogP contribution in [0.15, 0.2) is 18.2 Å². The topological polar surface area (TPSA) is 153 Å². The van der Waals surface area contributed by atoms with Crippen LogP contribution < -0.4 is 5.32 Å². The number of nitro groups is 2. The molecular weight excluding hydrogens is 370 g/mol. The normalized spacial score (nSPS) is 10.4. The number of nitro benzene ring substituents is 2. The number of hydrogen-bond acceptors (Lipinski definition) is 6. The largest absolute Gasteiger partial charge is 0.481 e. The lowest BCUT2D eigenvalue weighted by Gasteiger charge is -2.06. The van der Waals surface area contributed by atoms with Crippen LogP contribution in [0.5, 0.6) is 0 Å². The maximum Gasteiger partial charge on any atom is 0.303 e. The molecule has 1 amide bonds. The van der Waals surface area contributed by atoms with Crippen LogP contribution in [-0.4, -0.2) is 33.4 Å². The Morgan fingerprint density at radius 3 is 1.75 bits per heavy atom. The van der Waals surface area contributed by atoms with Gasteiger partial charge >= 0.3 is 5.97 Å². The summed E-state index contributed by atoms with van der Waals surface area (Å²) >= 11 is 0. The van der Waals surface area contributed by atoms with Gasteiger partial charge in [-0.3, -0.25) is 29.8 Å². The van der Waals surface area contributed by atoms with E-state index in [0.717, 1.165) is 63.1 Å². The van der Waals surface area contributed by atoms with Crippen molar-refractivity contribution in [1.82, 2.24) is 5.32 Å². The molecule has 10 heteroatoms. The smallest absolute Gasteiger partial charge is 0.303 e. The highest BCUT2D eigenvalue weighted by molar-refractivity contribution is 5.95. The van der Waals surface area contributed by atoms with Gasteiger partial charge in [-0.1, -0.05) is 38.5 Å². The van der Waals surface area contributed by atoms with Gasteiger partial charge in [0.2, 0.25) is 0 Å². The summed E-state index contributed by atoms with van der Waals surface area (Å²) in [6, 6.07) is 2.86. The standard InChI is InChI=1S/C18H25N3O7/c22-17(23)9-7-5-3-1-2-4-6-8-10-19-18(24)14-11-15(20(25)26)13-16(12-14)21(27)28/h11-13H,1-10H2,(H,19,24)(H,22,23). The highest BCUT2D eigenvalue weighted by atomic mass is 16.6. The molecule has 154 valence electrons. The molecular formula is C18H25N3O7. The van der Waals surface area contributed by atoms with Crippen molar-refractivity contribution < 1.29 is 24.5 Å². The van der Waals surface area contributed by atoms with Gasteiger partial charge in [0.1, 0.15) is 0 Å². The average molecular weight is 395 g/mol. The predicted octanol–water partition coefficient (Wildman–Crippen LogP) is 3.83. The Hall–Kier alpha value is -3.04. The zero-order valence-electron chi connectivity index (χ0n) is 15.6. The van der Waals surface area contributed by atoms with Gasteiger partial charge < -0.3 is 10.4 Å². The van der Waals surface area contributed by atoms with Crippen LogP contribution in [-0.2, 0) is 4.79 Å². The summed E-state index contributed by atoms with van der Waals surface area (Å²) < 4.78 is 0. The molecule has 0 spiro atoms. The maximum atomic E-state index is 12.1. The van der Waals surface area contributed by atoms with E-state index in [2.05, 4.69) is 5.32 Å². The molecule has 2 N–H and O–H groups in total. The molecule has 0 aliphatic heterocycles. The van der Waals surface area contributed by atoms with E-state index in [4.69, 9.17) is 5.11 Å². The second kappa shape index (κ2) is 12.4. The van der Waals surface area contributed by atoms with Gasteiger partial charge in [-0.25, -0.2) is 0 Å². The van der Waals surface area contributed by atoms with E-state index in [-0.39, 0.29) is 12.0 Å². The van der Waals surface area contributed by atoms with Crippen molar-refractivity contribution in [3.05, 3.63) is 44.0 Å². The fourth-order valence-corrected chi connectivity index (χ4v) is 2.70. The number of hydrogen-bond donors (Lipinski definition) is 2. The number of nitrogens with one attached hydrogen (secondary N) is 1. The molecule has 1 aromatic rings. The second-order valence-electron chi connectivity index (χ2n) is 6.48. The highest BCUT2D eigenvalue weighted by Gasteiger charge is 2.19. The molecule has 0 atom stereocenters. The van der Waals surface area contributed by atoms with Gasteiger partial charge in [0, 0.05) is 25.1 Å². The van der Waals surface area contributed by atoms with Crippen LogP contribution in [0.25, 0.3) is 0 Å². The van der Waals surface area contributed by atoms with Gasteiger partial charge in [0.15, 0.2) is 0 Å². The monoisotopic (exact) mass is 395 g/mol. The zero-order chi connectivity index (χ0) is 20.9. The summed E-state index contributed by atoms with van der Waals surface area (Å²) in [5, 5.41) is 32.9. The quantitative estimate of drug-likeness (QED) is 0.276. The SMILES string of the molecule is O=C(O)CCCCCCCCCCNC(=O)c1cc([N+](=O)[O-])cc([N+](=O)[O-])c1. The summed E-state index contributed by atoms with van der Waals surface area (Å²) in [5.74, 6) is -1.34. The van der Waals surface area contributed by atoms with E-state index < -0.39 is 33.1 Å². The van der Waals surface area contributed by atoms with Crippen LogP contribution in [0.4, 0.5) is 11.4 Å². The van der Waals surface area contributed by atoms with Gasteiger partial charge in [0.05, 0.1) is 21.5 Å². The van der Waals surface area contributed by atoms with E-state index in [1.165, 1.54) is 0 Å². The van der Waals surface area contributed by atoms with E-state index in [9.17, 15) is 29.8 Å². The van der Waals surface area contributed by atoms with Crippen LogP contribution in [0.3, 0.4) is 0 Å². The Balaban J connectivity index is 2.26. The van der Waals surface area contributed by atoms with Crippen molar-refractivity contribution >= 4 is 23.3 Å². The lowest BCUT2D eigenvalue weighted by atomic mass is 10.1. The van der Waals surface area contributed by atoms with Crippen LogP contribution >= 0.6 is 0 Å². The molecule has 0 fully saturated rings. The molecule has 1 rings (SSSR count). The summed E-state index contributed by atoms with van der Waals surface area (Å²) in [5.41, 5.74) is -1.10. The fourth-order valence-electron chi connectivity index (χ4n) is 2.70. The van der Waals surface area contributed by atoms with Crippen molar-refractivity contribution in [3.63, 3.8) is 0 Å². The summed E-state index contributed by atoms with van der Waals surface area (Å²) in [7, 11) is 0. The summed E-state index contributed by atoms with van der Waals surface area (Å²) in [6.45, 7) is 0.383. The number of amides is 1. The number of carbonyl (C=O) groups excluding carboxylic acids is 1. The molecule has 0 saturated carbocycles. The Kier molecular flexibility index (Phi) is 10.2. The molecule has 10 nitrogen and oxygen atoms in total. The van der Waals surface area contributed by atoms with Gasteiger partial charge in [-0.15, -0.1) is 0 Å². The Labute approximate surface area is 162 Å². The maximum absolute atomic E-state index is 12.1. The number of nitrogens with zero attached hydrogens (tertiary/aromatic N) is 2. The predicted molar refractivity (Wildman–Crippen MR) is 101 cm³/mol. The number of aliphatic carboxylic acids is 1. The number of carbonyl (C=O) groups is 2. The van der Waals surface area contributed by atoms with E-state index in [1.54, 1.807) is 0 Å². The van der Waals surface area contributed by atoms with Crippen molar-refractivity contribution in [2.45, 2.75) is 57.8 Å². The highest BCUT2D eigenvalue weighted by Crippen LogP contribution is 2.22. The van der Waals surface area contributed by atoms with Crippen molar-refractivity contribution in [2.75, 3.05) is 6.54 Å². The Morgan fingerprint density at radius 2 is 1.29 bits per heavy atom. The second-order valence-corrected chi connectivity index (χ2v) is 6.48. The summed E-state index contributed by atoms with van der Waals surface area (Å²) in [4.78, 5) is 42.6. The Morgan fingerprint density at radius 1 is 0.821 bits per heavy atom. The third kappa shape index (κ3) is 9.06. The van der Waals surface area contributed by atoms with Crippen LogP contribution in [0.1, 0.15) is 68.1 Å². The minimum atomic E-state index is -0.772. The fraction of sp³-hybridized carbons (Fsp3) is 0.556. The molecule has 0 aliphatic carbocycles. The van der Waals surface area contributed by atoms with Crippen LogP contribution in [0.2, 0.25) is 0 Å². The number of unbranched alkanes of at least 4 members (excludes halogenated alkanes) is 7. The third-order valence-corrected chi connectivity index (χ3v) is 4.19. The summed E-state index contributed by atoms with van der Waals surface area (Å²) in [6.07, 6.45) is 7.57. The Bertz CT molecular complexity index is 674. The van der Waals surface area contributed by atoms with Crippen LogP contribution in [0, 0.1) is 20.2 Å². The molecule has 0 aliphatic rings. The van der Waals surface area contributed by atoms with Crippen molar-refractivity contribution in [3.8, 4) is 0 Å². The first kappa shape index (κ1) is 23.0. The third-order valence-electron chi connectivity index (χ3n) is 4.19. The minimum absolute atomic E-state index is 0.109. The number of carboxylic acid groups (broad SMARTS) is 1. The van der Waals surface area contributed by atoms with Crippen molar-refractivity contribution in [1.29, 1.82) is 0 Å². The average Bonchev–Trinajstić information content (AvgIpc) is 2.65. The first-order chi connectivity index (χ1) is 13.3. The number of rotatable bonds is 14. The van der Waals surface area contributed by atoms with E-state index in [1.807, 2.05) is 0 Å². The molecule has 0 saturated heterocycles. The van der Waals surface area contributed by atoms with Crippen molar-refractivity contribution in [2.24, 2.45) is 0 Å². The van der Waals surface area contributed by atoms with E-state index in [0.29, 0.717) is 13.0 Å². The first-order valence-electron chi connectivity index (χ1n) is 9.25. The number of non-ortho nitro benzene ring substituents is 2. The van der Waals surface area contributed by atoms with Gasteiger partial charge in [0.25, 0.3) is 17.3 Å². The molecule has 0 aromatic heterocycles.